The Labute approximate surface area is 124 Å². The number of carbonyl (C=O) groups is 1. The van der Waals surface area contributed by atoms with Crippen LogP contribution in [0.4, 0.5) is 5.13 Å². The molecule has 20 heavy (non-hydrogen) atoms. The summed E-state index contributed by atoms with van der Waals surface area (Å²) in [5, 5.41) is 15.2. The number of piperidine rings is 1. The molecule has 7 heteroatoms. The van der Waals surface area contributed by atoms with E-state index in [2.05, 4.69) is 39.7 Å². The Morgan fingerprint density at radius 2 is 2.35 bits per heavy atom. The third-order valence-corrected chi connectivity index (χ3v) is 4.30. The van der Waals surface area contributed by atoms with E-state index in [9.17, 15) is 4.79 Å². The lowest BCUT2D eigenvalue weighted by molar-refractivity contribution is 0.0935. The van der Waals surface area contributed by atoms with Crippen molar-refractivity contribution in [2.75, 3.05) is 38.5 Å². The van der Waals surface area contributed by atoms with E-state index in [0.29, 0.717) is 10.9 Å². The number of rotatable bonds is 6. The van der Waals surface area contributed by atoms with Gasteiger partial charge >= 0.3 is 0 Å². The van der Waals surface area contributed by atoms with Gasteiger partial charge in [0.1, 0.15) is 0 Å². The van der Waals surface area contributed by atoms with E-state index in [0.717, 1.165) is 37.7 Å². The summed E-state index contributed by atoms with van der Waals surface area (Å²) in [7, 11) is 2.13. The maximum absolute atomic E-state index is 12.0. The fourth-order valence-corrected chi connectivity index (χ4v) is 3.06. The van der Waals surface area contributed by atoms with Crippen molar-refractivity contribution in [1.29, 1.82) is 0 Å². The molecular formula is C13H23N5OS. The number of amides is 1. The van der Waals surface area contributed by atoms with Gasteiger partial charge in [-0.15, -0.1) is 10.2 Å². The number of hydrogen-bond donors (Lipinski definition) is 2. The van der Waals surface area contributed by atoms with E-state index in [-0.39, 0.29) is 5.91 Å². The van der Waals surface area contributed by atoms with Crippen molar-refractivity contribution >= 4 is 22.4 Å². The van der Waals surface area contributed by atoms with Crippen LogP contribution in [0.15, 0.2) is 0 Å². The molecule has 1 aliphatic rings. The highest BCUT2D eigenvalue weighted by Gasteiger charge is 2.19. The minimum absolute atomic E-state index is 0.111. The van der Waals surface area contributed by atoms with Crippen molar-refractivity contribution in [2.24, 2.45) is 5.92 Å². The van der Waals surface area contributed by atoms with Crippen molar-refractivity contribution in [1.82, 2.24) is 20.4 Å². The Balaban J connectivity index is 1.77. The van der Waals surface area contributed by atoms with Gasteiger partial charge in [0, 0.05) is 19.6 Å². The van der Waals surface area contributed by atoms with E-state index >= 15 is 0 Å². The molecule has 2 heterocycles. The Morgan fingerprint density at radius 1 is 1.50 bits per heavy atom. The predicted molar refractivity (Wildman–Crippen MR) is 81.2 cm³/mol. The first-order chi connectivity index (χ1) is 9.69. The summed E-state index contributed by atoms with van der Waals surface area (Å²) in [4.78, 5) is 14.3. The average molecular weight is 297 g/mol. The molecular weight excluding hydrogens is 274 g/mol. The third kappa shape index (κ3) is 4.42. The van der Waals surface area contributed by atoms with Gasteiger partial charge in [0.05, 0.1) is 0 Å². The zero-order valence-electron chi connectivity index (χ0n) is 12.2. The SMILES string of the molecule is CCCNc1nnc(C(=O)NCC2CCCN(C)C2)s1. The van der Waals surface area contributed by atoms with E-state index in [1.807, 2.05) is 0 Å². The maximum atomic E-state index is 12.0. The number of carbonyl (C=O) groups excluding carboxylic acids is 1. The lowest BCUT2D eigenvalue weighted by Gasteiger charge is -2.29. The molecule has 2 N–H and O–H groups in total. The van der Waals surface area contributed by atoms with Crippen LogP contribution in [0, 0.1) is 5.92 Å². The molecule has 1 fully saturated rings. The molecule has 0 bridgehead atoms. The molecule has 1 unspecified atom stereocenters. The molecule has 1 aromatic heterocycles. The topological polar surface area (TPSA) is 70.1 Å². The van der Waals surface area contributed by atoms with Crippen molar-refractivity contribution in [2.45, 2.75) is 26.2 Å². The first-order valence-electron chi connectivity index (χ1n) is 7.23. The fourth-order valence-electron chi connectivity index (χ4n) is 2.37. The zero-order chi connectivity index (χ0) is 14.4. The third-order valence-electron chi connectivity index (χ3n) is 3.42. The first-order valence-corrected chi connectivity index (χ1v) is 8.04. The second-order valence-corrected chi connectivity index (χ2v) is 6.30. The summed E-state index contributed by atoms with van der Waals surface area (Å²) >= 11 is 1.31. The normalized spacial score (nSPS) is 19.8. The van der Waals surface area contributed by atoms with Crippen LogP contribution in [-0.2, 0) is 0 Å². The summed E-state index contributed by atoms with van der Waals surface area (Å²) in [6.45, 7) is 5.88. The molecule has 1 aliphatic heterocycles. The van der Waals surface area contributed by atoms with Gasteiger partial charge in [0.2, 0.25) is 10.1 Å². The van der Waals surface area contributed by atoms with Gasteiger partial charge in [-0.1, -0.05) is 18.3 Å². The van der Waals surface area contributed by atoms with Crippen LogP contribution in [0.2, 0.25) is 0 Å². The molecule has 1 aromatic rings. The van der Waals surface area contributed by atoms with Gasteiger partial charge in [-0.25, -0.2) is 0 Å². The quantitative estimate of drug-likeness (QED) is 0.831. The van der Waals surface area contributed by atoms with Gasteiger partial charge in [0.15, 0.2) is 0 Å². The first kappa shape index (κ1) is 15.2. The summed E-state index contributed by atoms with van der Waals surface area (Å²) < 4.78 is 0. The number of nitrogens with zero attached hydrogens (tertiary/aromatic N) is 3. The second-order valence-electron chi connectivity index (χ2n) is 5.32. The molecule has 1 saturated heterocycles. The summed E-state index contributed by atoms with van der Waals surface area (Å²) in [6, 6.07) is 0. The van der Waals surface area contributed by atoms with Gasteiger partial charge in [-0.05, 0) is 38.8 Å². The number of anilines is 1. The van der Waals surface area contributed by atoms with E-state index in [1.54, 1.807) is 0 Å². The van der Waals surface area contributed by atoms with Gasteiger partial charge in [-0.3, -0.25) is 4.79 Å². The zero-order valence-corrected chi connectivity index (χ0v) is 13.0. The molecule has 1 amide bonds. The lowest BCUT2D eigenvalue weighted by atomic mass is 9.98. The Morgan fingerprint density at radius 3 is 3.10 bits per heavy atom. The second kappa shape index (κ2) is 7.54. The van der Waals surface area contributed by atoms with Crippen LogP contribution in [-0.4, -0.2) is 54.2 Å². The fraction of sp³-hybridized carbons (Fsp3) is 0.769. The van der Waals surface area contributed by atoms with Crippen LogP contribution in [0.25, 0.3) is 0 Å². The molecule has 0 aromatic carbocycles. The summed E-state index contributed by atoms with van der Waals surface area (Å²) in [5.41, 5.74) is 0. The lowest BCUT2D eigenvalue weighted by Crippen LogP contribution is -2.39. The van der Waals surface area contributed by atoms with E-state index in [1.165, 1.54) is 24.2 Å². The molecule has 112 valence electrons. The molecule has 0 radical (unpaired) electrons. The molecule has 2 rings (SSSR count). The molecule has 0 saturated carbocycles. The molecule has 1 atom stereocenters. The van der Waals surface area contributed by atoms with Crippen LogP contribution < -0.4 is 10.6 Å². The smallest absolute Gasteiger partial charge is 0.282 e. The van der Waals surface area contributed by atoms with Crippen LogP contribution >= 0.6 is 11.3 Å². The van der Waals surface area contributed by atoms with Crippen molar-refractivity contribution in [3.05, 3.63) is 5.01 Å². The summed E-state index contributed by atoms with van der Waals surface area (Å²) in [6.07, 6.45) is 3.42. The average Bonchev–Trinajstić information content (AvgIpc) is 2.91. The standard InChI is InChI=1S/C13H23N5OS/c1-3-6-14-13-17-16-12(20-13)11(19)15-8-10-5-4-7-18(2)9-10/h10H,3-9H2,1-2H3,(H,14,17)(H,15,19). The summed E-state index contributed by atoms with van der Waals surface area (Å²) in [5.74, 6) is 0.434. The molecule has 0 aliphatic carbocycles. The number of likely N-dealkylation sites (tertiary alicyclic amines) is 1. The van der Waals surface area contributed by atoms with Gasteiger partial charge < -0.3 is 15.5 Å². The number of hydrogen-bond acceptors (Lipinski definition) is 6. The predicted octanol–water partition coefficient (Wildman–Crippen LogP) is 1.43. The van der Waals surface area contributed by atoms with Crippen LogP contribution in [0.1, 0.15) is 36.0 Å². The highest BCUT2D eigenvalue weighted by molar-refractivity contribution is 7.17. The highest BCUT2D eigenvalue weighted by atomic mass is 32.1. The number of nitrogens with one attached hydrogen (secondary N) is 2. The van der Waals surface area contributed by atoms with Gasteiger partial charge in [0.25, 0.3) is 5.91 Å². The Kier molecular flexibility index (Phi) is 5.72. The number of aromatic nitrogens is 2. The van der Waals surface area contributed by atoms with Crippen molar-refractivity contribution in [3.8, 4) is 0 Å². The monoisotopic (exact) mass is 297 g/mol. The van der Waals surface area contributed by atoms with Crippen molar-refractivity contribution < 1.29 is 4.79 Å². The molecule has 0 spiro atoms. The maximum Gasteiger partial charge on any atom is 0.282 e. The Bertz CT molecular complexity index is 436. The van der Waals surface area contributed by atoms with Crippen LogP contribution in [0.3, 0.4) is 0 Å². The minimum Gasteiger partial charge on any atom is -0.360 e. The van der Waals surface area contributed by atoms with Gasteiger partial charge in [-0.2, -0.15) is 0 Å². The highest BCUT2D eigenvalue weighted by Crippen LogP contribution is 2.16. The van der Waals surface area contributed by atoms with E-state index < -0.39 is 0 Å². The minimum atomic E-state index is -0.111. The molecule has 6 nitrogen and oxygen atoms in total. The largest absolute Gasteiger partial charge is 0.360 e. The van der Waals surface area contributed by atoms with Crippen LogP contribution in [0.5, 0.6) is 0 Å². The van der Waals surface area contributed by atoms with Crippen molar-refractivity contribution in [3.63, 3.8) is 0 Å². The van der Waals surface area contributed by atoms with E-state index in [4.69, 9.17) is 0 Å². The Hall–Kier alpha value is -1.21.